The summed E-state index contributed by atoms with van der Waals surface area (Å²) in [6, 6.07) is 8.17. The third kappa shape index (κ3) is 4.22. The van der Waals surface area contributed by atoms with Crippen LogP contribution in [0.3, 0.4) is 0 Å². The molecule has 0 spiro atoms. The van der Waals surface area contributed by atoms with Crippen molar-refractivity contribution in [1.29, 1.82) is 0 Å². The Kier molecular flexibility index (Phi) is 6.34. The van der Waals surface area contributed by atoms with Crippen molar-refractivity contribution in [2.45, 2.75) is 50.7 Å². The number of hydrogen-bond acceptors (Lipinski definition) is 3. The van der Waals surface area contributed by atoms with E-state index in [-0.39, 0.29) is 6.10 Å². The minimum absolute atomic E-state index is 0.0687. The monoisotopic (exact) mass is 277 g/mol. The van der Waals surface area contributed by atoms with Gasteiger partial charge in [0.15, 0.2) is 0 Å². The van der Waals surface area contributed by atoms with Crippen LogP contribution >= 0.6 is 0 Å². The maximum Gasteiger partial charge on any atom is 0.124 e. The highest BCUT2D eigenvalue weighted by molar-refractivity contribution is 5.35. The molecule has 1 aromatic carbocycles. The molecule has 1 fully saturated rings. The summed E-state index contributed by atoms with van der Waals surface area (Å²) in [4.78, 5) is 0. The smallest absolute Gasteiger partial charge is 0.124 e. The van der Waals surface area contributed by atoms with Crippen LogP contribution in [0.5, 0.6) is 5.75 Å². The molecule has 0 amide bonds. The van der Waals surface area contributed by atoms with E-state index in [1.165, 1.54) is 38.5 Å². The van der Waals surface area contributed by atoms with E-state index in [2.05, 4.69) is 17.4 Å². The van der Waals surface area contributed by atoms with Gasteiger partial charge in [0.2, 0.25) is 0 Å². The molecule has 20 heavy (non-hydrogen) atoms. The lowest BCUT2D eigenvalue weighted by Crippen LogP contribution is -2.25. The lowest BCUT2D eigenvalue weighted by molar-refractivity contribution is -0.0202. The largest absolute Gasteiger partial charge is 0.496 e. The van der Waals surface area contributed by atoms with E-state index in [0.29, 0.717) is 6.10 Å². The van der Waals surface area contributed by atoms with Crippen LogP contribution in [0.1, 0.15) is 50.2 Å². The number of hydrogen-bond donors (Lipinski definition) is 1. The second-order valence-corrected chi connectivity index (χ2v) is 5.54. The predicted octanol–water partition coefficient (Wildman–Crippen LogP) is 3.70. The van der Waals surface area contributed by atoms with Crippen molar-refractivity contribution in [3.05, 3.63) is 29.8 Å². The summed E-state index contributed by atoms with van der Waals surface area (Å²) >= 11 is 0. The Morgan fingerprint density at radius 3 is 2.50 bits per heavy atom. The van der Waals surface area contributed by atoms with E-state index >= 15 is 0 Å². The molecule has 1 aliphatic rings. The zero-order valence-electron chi connectivity index (χ0n) is 12.7. The molecule has 0 radical (unpaired) electrons. The topological polar surface area (TPSA) is 30.5 Å². The van der Waals surface area contributed by atoms with Gasteiger partial charge >= 0.3 is 0 Å². The van der Waals surface area contributed by atoms with E-state index in [4.69, 9.17) is 9.47 Å². The number of methoxy groups -OCH3 is 1. The molecule has 2 rings (SSSR count). The first-order valence-corrected chi connectivity index (χ1v) is 7.78. The Hall–Kier alpha value is -1.06. The summed E-state index contributed by atoms with van der Waals surface area (Å²) in [6.07, 6.45) is 8.13. The van der Waals surface area contributed by atoms with Gasteiger partial charge in [-0.25, -0.2) is 0 Å². The molecule has 3 heteroatoms. The molecule has 0 aliphatic heterocycles. The van der Waals surface area contributed by atoms with Crippen LogP contribution in [0, 0.1) is 0 Å². The zero-order chi connectivity index (χ0) is 14.2. The Morgan fingerprint density at radius 1 is 1.15 bits per heavy atom. The molecule has 0 bridgehead atoms. The van der Waals surface area contributed by atoms with Crippen molar-refractivity contribution in [3.63, 3.8) is 0 Å². The van der Waals surface area contributed by atoms with Gasteiger partial charge in [0, 0.05) is 12.1 Å². The van der Waals surface area contributed by atoms with E-state index in [1.54, 1.807) is 7.11 Å². The summed E-state index contributed by atoms with van der Waals surface area (Å²) in [5.74, 6) is 0.918. The maximum atomic E-state index is 6.40. The summed E-state index contributed by atoms with van der Waals surface area (Å²) in [6.45, 7) is 0.816. The maximum absolute atomic E-state index is 6.40. The van der Waals surface area contributed by atoms with Gasteiger partial charge in [-0.1, -0.05) is 43.9 Å². The Bertz CT molecular complexity index is 386. The molecule has 0 heterocycles. The summed E-state index contributed by atoms with van der Waals surface area (Å²) in [5.41, 5.74) is 1.15. The van der Waals surface area contributed by atoms with Crippen molar-refractivity contribution in [1.82, 2.24) is 5.32 Å². The van der Waals surface area contributed by atoms with Crippen molar-refractivity contribution >= 4 is 0 Å². The van der Waals surface area contributed by atoms with Gasteiger partial charge in [0.1, 0.15) is 5.75 Å². The van der Waals surface area contributed by atoms with Crippen LogP contribution in [0.15, 0.2) is 24.3 Å². The average molecular weight is 277 g/mol. The van der Waals surface area contributed by atoms with Gasteiger partial charge in [0.05, 0.1) is 19.3 Å². The van der Waals surface area contributed by atoms with Crippen LogP contribution < -0.4 is 10.1 Å². The number of rotatable bonds is 6. The standard InChI is InChI=1S/C17H27NO2/c1-18-13-17(15-11-7-8-12-16(15)19-2)20-14-9-5-3-4-6-10-14/h7-8,11-12,14,17-18H,3-6,9-10,13H2,1-2H3. The summed E-state index contributed by atoms with van der Waals surface area (Å²) in [5, 5.41) is 3.24. The van der Waals surface area contributed by atoms with Crippen molar-refractivity contribution in [2.75, 3.05) is 20.7 Å². The average Bonchev–Trinajstić information content (AvgIpc) is 2.75. The molecule has 1 saturated carbocycles. The normalized spacial score (nSPS) is 18.5. The fraction of sp³-hybridized carbons (Fsp3) is 0.647. The molecule has 112 valence electrons. The number of nitrogens with one attached hydrogen (secondary N) is 1. The molecular formula is C17H27NO2. The predicted molar refractivity (Wildman–Crippen MR) is 82.2 cm³/mol. The quantitative estimate of drug-likeness (QED) is 0.804. The Labute approximate surface area is 122 Å². The highest BCUT2D eigenvalue weighted by Gasteiger charge is 2.21. The SMILES string of the molecule is CNCC(OC1CCCCCC1)c1ccccc1OC. The van der Waals surface area contributed by atoms with Crippen molar-refractivity contribution < 1.29 is 9.47 Å². The molecule has 1 aromatic rings. The third-order valence-electron chi connectivity index (χ3n) is 4.03. The van der Waals surface area contributed by atoms with Gasteiger partial charge in [-0.05, 0) is 26.0 Å². The van der Waals surface area contributed by atoms with E-state index in [0.717, 1.165) is 17.9 Å². The molecule has 1 N–H and O–H groups in total. The first-order chi connectivity index (χ1) is 9.85. The number of ether oxygens (including phenoxy) is 2. The first-order valence-electron chi connectivity index (χ1n) is 7.78. The number of benzene rings is 1. The van der Waals surface area contributed by atoms with Gasteiger partial charge in [-0.2, -0.15) is 0 Å². The minimum Gasteiger partial charge on any atom is -0.496 e. The minimum atomic E-state index is 0.0687. The van der Waals surface area contributed by atoms with Gasteiger partial charge in [-0.15, -0.1) is 0 Å². The van der Waals surface area contributed by atoms with Crippen LogP contribution in [-0.4, -0.2) is 26.8 Å². The zero-order valence-corrected chi connectivity index (χ0v) is 12.7. The van der Waals surface area contributed by atoms with Crippen molar-refractivity contribution in [2.24, 2.45) is 0 Å². The van der Waals surface area contributed by atoms with Gasteiger partial charge < -0.3 is 14.8 Å². The first kappa shape index (κ1) is 15.3. The molecule has 1 aliphatic carbocycles. The third-order valence-corrected chi connectivity index (χ3v) is 4.03. The molecule has 0 saturated heterocycles. The van der Waals surface area contributed by atoms with Crippen LogP contribution in [-0.2, 0) is 4.74 Å². The van der Waals surface area contributed by atoms with Crippen LogP contribution in [0.25, 0.3) is 0 Å². The van der Waals surface area contributed by atoms with Crippen LogP contribution in [0.2, 0.25) is 0 Å². The van der Waals surface area contributed by atoms with E-state index in [1.807, 2.05) is 19.2 Å². The second kappa shape index (κ2) is 8.28. The lowest BCUT2D eigenvalue weighted by Gasteiger charge is -2.25. The number of likely N-dealkylation sites (N-methyl/N-ethyl adjacent to an activating group) is 1. The molecule has 1 atom stereocenters. The molecule has 3 nitrogen and oxygen atoms in total. The molecular weight excluding hydrogens is 250 g/mol. The Morgan fingerprint density at radius 2 is 1.85 bits per heavy atom. The number of para-hydroxylation sites is 1. The Balaban J connectivity index is 2.09. The fourth-order valence-electron chi connectivity index (χ4n) is 2.96. The second-order valence-electron chi connectivity index (χ2n) is 5.54. The highest BCUT2D eigenvalue weighted by atomic mass is 16.5. The fourth-order valence-corrected chi connectivity index (χ4v) is 2.96. The lowest BCUT2D eigenvalue weighted by atomic mass is 10.1. The van der Waals surface area contributed by atoms with E-state index < -0.39 is 0 Å². The van der Waals surface area contributed by atoms with Crippen LogP contribution in [0.4, 0.5) is 0 Å². The molecule has 0 aromatic heterocycles. The molecule has 1 unspecified atom stereocenters. The summed E-state index contributed by atoms with van der Waals surface area (Å²) < 4.78 is 11.9. The van der Waals surface area contributed by atoms with E-state index in [9.17, 15) is 0 Å². The van der Waals surface area contributed by atoms with Crippen molar-refractivity contribution in [3.8, 4) is 5.75 Å². The highest BCUT2D eigenvalue weighted by Crippen LogP contribution is 2.31. The van der Waals surface area contributed by atoms with Gasteiger partial charge in [-0.3, -0.25) is 0 Å². The van der Waals surface area contributed by atoms with Gasteiger partial charge in [0.25, 0.3) is 0 Å². The summed E-state index contributed by atoms with van der Waals surface area (Å²) in [7, 11) is 3.69.